The second-order valence-electron chi connectivity index (χ2n) is 13.9. The van der Waals surface area contributed by atoms with Gasteiger partial charge in [-0.25, -0.2) is 0 Å². The van der Waals surface area contributed by atoms with E-state index in [1.807, 2.05) is 5.32 Å². The Kier molecular flexibility index (Phi) is 19.8. The topological polar surface area (TPSA) is 387 Å². The Hall–Kier alpha value is -6.07. The molecule has 23 nitrogen and oxygen atoms in total. The first kappa shape index (κ1) is 51.9. The van der Waals surface area contributed by atoms with Crippen LogP contribution in [0, 0.1) is 5.92 Å². The third-order valence-corrected chi connectivity index (χ3v) is 9.21. The molecule has 1 aromatic rings. The summed E-state index contributed by atoms with van der Waals surface area (Å²) in [5.41, 5.74) is -0.262. The van der Waals surface area contributed by atoms with E-state index in [0.717, 1.165) is 26.0 Å². The van der Waals surface area contributed by atoms with Crippen molar-refractivity contribution in [1.29, 1.82) is 0 Å². The molecule has 0 spiro atoms. The highest BCUT2D eigenvalue weighted by atomic mass is 31.2. The first-order valence-corrected chi connectivity index (χ1v) is 19.4. The van der Waals surface area contributed by atoms with Crippen LogP contribution < -0.4 is 37.6 Å². The van der Waals surface area contributed by atoms with Gasteiger partial charge in [-0.3, -0.25) is 52.5 Å². The van der Waals surface area contributed by atoms with Gasteiger partial charge < -0.3 is 62.7 Å². The largest absolute Gasteiger partial charge is 0.481 e. The van der Waals surface area contributed by atoms with E-state index in [-0.39, 0.29) is 17.9 Å². The van der Waals surface area contributed by atoms with E-state index < -0.39 is 146 Å². The maximum Gasteiger partial charge on any atom is 0.399 e. The number of nitrogens with two attached hydrogens (primary N) is 1. The third kappa shape index (κ3) is 17.4. The number of halogens is 2. The van der Waals surface area contributed by atoms with Gasteiger partial charge in [-0.2, -0.15) is 8.78 Å². The van der Waals surface area contributed by atoms with Gasteiger partial charge in [0.1, 0.15) is 36.3 Å². The molecule has 334 valence electrons. The van der Waals surface area contributed by atoms with E-state index in [0.29, 0.717) is 12.1 Å². The predicted molar refractivity (Wildman–Crippen MR) is 199 cm³/mol. The van der Waals surface area contributed by atoms with Crippen molar-refractivity contribution >= 4 is 66.9 Å². The molecule has 5 unspecified atom stereocenters. The molecule has 0 saturated carbocycles. The fraction of sp³-hybridized carbons (Fsp3) is 0.529. The minimum absolute atomic E-state index is 0.00289. The van der Waals surface area contributed by atoms with Crippen LogP contribution in [0.1, 0.15) is 70.9 Å². The highest BCUT2D eigenvalue weighted by Crippen LogP contribution is 2.59. The van der Waals surface area contributed by atoms with Crippen LogP contribution in [0.4, 0.5) is 8.78 Å². The Bertz CT molecular complexity index is 1830. The number of nitrogens with one attached hydrogen (secondary N) is 6. The molecule has 0 heterocycles. The summed E-state index contributed by atoms with van der Waals surface area (Å²) >= 11 is 0. The lowest BCUT2D eigenvalue weighted by molar-refractivity contribution is -0.141. The monoisotopic (exact) mass is 879 g/mol. The van der Waals surface area contributed by atoms with Crippen molar-refractivity contribution in [3.8, 4) is 0 Å². The first-order valence-electron chi connectivity index (χ1n) is 17.8. The Morgan fingerprint density at radius 1 is 0.650 bits per heavy atom. The van der Waals surface area contributed by atoms with Crippen molar-refractivity contribution in [1.82, 2.24) is 31.9 Å². The Morgan fingerprint density at radius 3 is 1.53 bits per heavy atom. The fourth-order valence-corrected chi connectivity index (χ4v) is 5.70. The molecule has 60 heavy (non-hydrogen) atoms. The van der Waals surface area contributed by atoms with Gasteiger partial charge in [0.05, 0.1) is 12.8 Å². The zero-order chi connectivity index (χ0) is 46.3. The molecule has 7 amide bonds. The van der Waals surface area contributed by atoms with Gasteiger partial charge in [0.15, 0.2) is 0 Å². The quantitative estimate of drug-likeness (QED) is 0.0462. The van der Waals surface area contributed by atoms with Crippen LogP contribution in [0.2, 0.25) is 0 Å². The molecule has 13 N–H and O–H groups in total. The van der Waals surface area contributed by atoms with Crippen LogP contribution in [0.15, 0.2) is 24.3 Å². The summed E-state index contributed by atoms with van der Waals surface area (Å²) in [6.45, 7) is 5.43. The molecule has 26 heteroatoms. The normalized spacial score (nSPS) is 14.5. The molecule has 1 aromatic carbocycles. The van der Waals surface area contributed by atoms with Crippen molar-refractivity contribution in [3.05, 3.63) is 35.4 Å². The minimum Gasteiger partial charge on any atom is -0.481 e. The van der Waals surface area contributed by atoms with E-state index in [2.05, 4.69) is 26.6 Å². The number of alkyl halides is 2. The zero-order valence-corrected chi connectivity index (χ0v) is 33.5. The molecular formula is C34H48F2N7O16P. The van der Waals surface area contributed by atoms with Crippen molar-refractivity contribution in [3.63, 3.8) is 0 Å². The lowest BCUT2D eigenvalue weighted by atomic mass is 10.00. The number of benzene rings is 1. The van der Waals surface area contributed by atoms with Crippen LogP contribution in [-0.4, -0.2) is 121 Å². The number of carboxylic acid groups (broad SMARTS) is 3. The van der Waals surface area contributed by atoms with E-state index in [1.54, 1.807) is 13.8 Å². The summed E-state index contributed by atoms with van der Waals surface area (Å²) in [5.74, 6) is -12.7. The van der Waals surface area contributed by atoms with Crippen LogP contribution in [-0.2, 0) is 64.6 Å². The molecule has 0 saturated heterocycles. The summed E-state index contributed by atoms with van der Waals surface area (Å²) in [4.78, 5) is 142. The maximum absolute atomic E-state index is 14.3. The van der Waals surface area contributed by atoms with Crippen LogP contribution >= 0.6 is 7.60 Å². The van der Waals surface area contributed by atoms with Gasteiger partial charge in [-0.05, 0) is 31.2 Å². The summed E-state index contributed by atoms with van der Waals surface area (Å²) in [6, 6.07) is -7.00. The number of carbonyl (C=O) groups is 10. The molecule has 0 fully saturated rings. The number of hydrogen-bond donors (Lipinski definition) is 12. The Labute approximate surface area is 340 Å². The predicted octanol–water partition coefficient (Wildman–Crippen LogP) is -2.25. The molecule has 0 aliphatic carbocycles. The van der Waals surface area contributed by atoms with E-state index in [9.17, 15) is 71.5 Å². The summed E-state index contributed by atoms with van der Waals surface area (Å²) in [7, 11) is -5.97. The van der Waals surface area contributed by atoms with E-state index in [1.165, 1.54) is 0 Å². The van der Waals surface area contributed by atoms with Crippen LogP contribution in [0.5, 0.6) is 0 Å². The molecular weight excluding hydrogens is 831 g/mol. The average Bonchev–Trinajstić information content (AvgIpc) is 3.10. The summed E-state index contributed by atoms with van der Waals surface area (Å²) < 4.78 is 39.9. The minimum atomic E-state index is -5.97. The van der Waals surface area contributed by atoms with Gasteiger partial charge in [-0.1, -0.05) is 38.1 Å². The number of primary amides is 1. The van der Waals surface area contributed by atoms with Crippen LogP contribution in [0.3, 0.4) is 0 Å². The smallest absolute Gasteiger partial charge is 0.399 e. The number of aliphatic carboxylic acids is 3. The Balaban J connectivity index is 3.48. The first-order chi connectivity index (χ1) is 27.5. The standard InChI is InChI=1S/C34H48F2N7O16P/c1-15(2)11-21(28(37)51)41-32(55)22(12-18-5-7-19(8-6-18)34(35,36)60(57,58)59)43-30(53)20(9-10-25(45)46)40-33(56)24(14-27(49)50)42-29(52)16(3)38-31(54)23(13-26(47)48)39-17(4)44/h5-8,15-16,20-24H,9-14H2,1-4H3,(H2,37,51)(H,38,54)(H,39,44)(H,40,56)(H,41,55)(H,42,52)(H,43,53)(H,45,46)(H,47,48)(H,49,50)(H2,57,58,59)/t16?,20?,21?,22-,23?,24?/m0/s1. The molecule has 0 aromatic heterocycles. The number of amides is 7. The zero-order valence-electron chi connectivity index (χ0n) is 32.6. The Morgan fingerprint density at radius 2 is 1.08 bits per heavy atom. The fourth-order valence-electron chi connectivity index (χ4n) is 5.22. The van der Waals surface area contributed by atoms with Gasteiger partial charge in [0, 0.05) is 25.3 Å². The van der Waals surface area contributed by atoms with E-state index in [4.69, 9.17) is 20.6 Å². The van der Waals surface area contributed by atoms with Crippen LogP contribution in [0.25, 0.3) is 0 Å². The van der Waals surface area contributed by atoms with Gasteiger partial charge in [-0.15, -0.1) is 0 Å². The van der Waals surface area contributed by atoms with Crippen molar-refractivity contribution < 1.29 is 86.4 Å². The van der Waals surface area contributed by atoms with Crippen molar-refractivity contribution in [2.24, 2.45) is 11.7 Å². The number of carboxylic acids is 3. The number of rotatable bonds is 25. The molecule has 0 aliphatic heterocycles. The van der Waals surface area contributed by atoms with Gasteiger partial charge in [0.2, 0.25) is 41.4 Å². The number of carbonyl (C=O) groups excluding carboxylic acids is 7. The third-order valence-electron chi connectivity index (χ3n) is 8.22. The molecule has 1 rings (SSSR count). The molecule has 0 aliphatic rings. The van der Waals surface area contributed by atoms with Gasteiger partial charge >= 0.3 is 31.2 Å². The highest BCUT2D eigenvalue weighted by molar-refractivity contribution is 7.52. The lowest BCUT2D eigenvalue weighted by Gasteiger charge is -2.27. The van der Waals surface area contributed by atoms with Gasteiger partial charge in [0.25, 0.3) is 0 Å². The highest BCUT2D eigenvalue weighted by Gasteiger charge is 2.50. The maximum atomic E-state index is 14.3. The van der Waals surface area contributed by atoms with Crippen molar-refractivity contribution in [2.75, 3.05) is 0 Å². The summed E-state index contributed by atoms with van der Waals surface area (Å²) in [5, 5.41) is 40.8. The molecule has 0 radical (unpaired) electrons. The summed E-state index contributed by atoms with van der Waals surface area (Å²) in [6.07, 6.45) is -4.11. The average molecular weight is 880 g/mol. The van der Waals surface area contributed by atoms with Crippen molar-refractivity contribution in [2.45, 2.75) is 108 Å². The SMILES string of the molecule is CC(=O)NC(CC(=O)O)C(=O)NC(C)C(=O)NC(CC(=O)O)C(=O)NC(CCC(=O)O)C(=O)N[C@@H](Cc1ccc(C(F)(F)P(=O)(O)O)cc1)C(=O)NC(CC(C)C)C(N)=O. The molecule has 0 bridgehead atoms. The molecule has 6 atom stereocenters. The second kappa shape index (κ2) is 22.9. The second-order valence-corrected chi connectivity index (χ2v) is 15.5. The number of hydrogen-bond acceptors (Lipinski definition) is 11. The van der Waals surface area contributed by atoms with E-state index >= 15 is 0 Å². The lowest BCUT2D eigenvalue weighted by Crippen LogP contribution is -2.60.